The largest absolute Gasteiger partial charge is 0.465 e. The molecule has 0 spiro atoms. The second-order valence-corrected chi connectivity index (χ2v) is 9.10. The van der Waals surface area contributed by atoms with E-state index in [2.05, 4.69) is 25.8 Å². The second kappa shape index (κ2) is 6.75. The average molecular weight is 360 g/mol. The molecule has 134 valence electrons. The average Bonchev–Trinajstić information content (AvgIpc) is 2.95. The lowest BCUT2D eigenvalue weighted by Gasteiger charge is -2.28. The van der Waals surface area contributed by atoms with E-state index in [4.69, 9.17) is 4.74 Å². The van der Waals surface area contributed by atoms with E-state index in [0.717, 1.165) is 35.1 Å². The Balaban J connectivity index is 1.84. The van der Waals surface area contributed by atoms with Crippen molar-refractivity contribution >= 4 is 34.5 Å². The number of thioether (sulfide) groups is 1. The lowest BCUT2D eigenvalue weighted by atomic mass is 10.0. The molecule has 0 bridgehead atoms. The number of amides is 1. The number of carbonyl (C=O) groups excluding carboxylic acids is 2. The number of ether oxygens (including phenoxy) is 1. The molecular weight excluding hydrogens is 336 g/mol. The van der Waals surface area contributed by atoms with Crippen LogP contribution in [-0.4, -0.2) is 45.9 Å². The highest BCUT2D eigenvalue weighted by molar-refractivity contribution is 8.01. The maximum atomic E-state index is 12.6. The second-order valence-electron chi connectivity index (χ2n) is 7.30. The SMILES string of the molecule is COC(=O)c1ccc2[nH]c3c(c2c1)CN(C(=O)CSC(C)(C)C)CC3. The Labute approximate surface area is 152 Å². The number of aromatic nitrogens is 1. The topological polar surface area (TPSA) is 62.4 Å². The van der Waals surface area contributed by atoms with Crippen molar-refractivity contribution in [3.05, 3.63) is 35.0 Å². The molecule has 1 aliphatic heterocycles. The molecule has 1 aromatic heterocycles. The van der Waals surface area contributed by atoms with Crippen molar-refractivity contribution in [1.82, 2.24) is 9.88 Å². The van der Waals surface area contributed by atoms with Crippen LogP contribution >= 0.6 is 11.8 Å². The quantitative estimate of drug-likeness (QED) is 0.853. The molecule has 0 saturated carbocycles. The summed E-state index contributed by atoms with van der Waals surface area (Å²) in [5.41, 5.74) is 3.80. The van der Waals surface area contributed by atoms with Gasteiger partial charge in [-0.3, -0.25) is 4.79 Å². The molecule has 0 unspecified atom stereocenters. The number of carbonyl (C=O) groups is 2. The molecule has 25 heavy (non-hydrogen) atoms. The van der Waals surface area contributed by atoms with Crippen molar-refractivity contribution in [2.24, 2.45) is 0 Å². The monoisotopic (exact) mass is 360 g/mol. The van der Waals surface area contributed by atoms with Gasteiger partial charge in [-0.15, -0.1) is 11.8 Å². The molecule has 2 heterocycles. The number of fused-ring (bicyclic) bond motifs is 3. The van der Waals surface area contributed by atoms with Gasteiger partial charge in [-0.25, -0.2) is 4.79 Å². The van der Waals surface area contributed by atoms with E-state index < -0.39 is 0 Å². The summed E-state index contributed by atoms with van der Waals surface area (Å²) in [6.45, 7) is 7.67. The van der Waals surface area contributed by atoms with Gasteiger partial charge in [0, 0.05) is 46.4 Å². The highest BCUT2D eigenvalue weighted by Crippen LogP contribution is 2.30. The van der Waals surface area contributed by atoms with Gasteiger partial charge < -0.3 is 14.6 Å². The third-order valence-electron chi connectivity index (χ3n) is 4.38. The van der Waals surface area contributed by atoms with Crippen molar-refractivity contribution in [1.29, 1.82) is 0 Å². The van der Waals surface area contributed by atoms with Crippen molar-refractivity contribution in [2.45, 2.75) is 38.5 Å². The van der Waals surface area contributed by atoms with Crippen LogP contribution in [0.25, 0.3) is 10.9 Å². The van der Waals surface area contributed by atoms with Gasteiger partial charge in [-0.05, 0) is 18.2 Å². The molecule has 1 amide bonds. The number of benzene rings is 1. The van der Waals surface area contributed by atoms with Crippen LogP contribution in [0.15, 0.2) is 18.2 Å². The van der Waals surface area contributed by atoms with Crippen LogP contribution in [0, 0.1) is 0 Å². The summed E-state index contributed by atoms with van der Waals surface area (Å²) in [7, 11) is 1.38. The first kappa shape index (κ1) is 17.9. The Bertz CT molecular complexity index is 820. The Kier molecular flexibility index (Phi) is 4.82. The number of rotatable bonds is 3. The van der Waals surface area contributed by atoms with Gasteiger partial charge in [-0.1, -0.05) is 20.8 Å². The molecule has 3 rings (SSSR count). The Morgan fingerprint density at radius 3 is 2.76 bits per heavy atom. The summed E-state index contributed by atoms with van der Waals surface area (Å²) < 4.78 is 4.89. The summed E-state index contributed by atoms with van der Waals surface area (Å²) in [6.07, 6.45) is 0.809. The third kappa shape index (κ3) is 3.84. The molecule has 5 nitrogen and oxygen atoms in total. The predicted molar refractivity (Wildman–Crippen MR) is 101 cm³/mol. The summed E-state index contributed by atoms with van der Waals surface area (Å²) in [5, 5.41) is 0.999. The Morgan fingerprint density at radius 2 is 2.08 bits per heavy atom. The zero-order valence-corrected chi connectivity index (χ0v) is 16.0. The number of nitrogens with zero attached hydrogens (tertiary/aromatic N) is 1. The predicted octanol–water partition coefficient (Wildman–Crippen LogP) is 3.37. The van der Waals surface area contributed by atoms with Gasteiger partial charge in [0.25, 0.3) is 0 Å². The number of methoxy groups -OCH3 is 1. The van der Waals surface area contributed by atoms with Crippen LogP contribution in [0.5, 0.6) is 0 Å². The molecule has 0 radical (unpaired) electrons. The summed E-state index contributed by atoms with van der Waals surface area (Å²) in [6, 6.07) is 5.52. The molecule has 0 atom stereocenters. The van der Waals surface area contributed by atoms with Crippen LogP contribution in [0.1, 0.15) is 42.4 Å². The summed E-state index contributed by atoms with van der Waals surface area (Å²) >= 11 is 1.67. The van der Waals surface area contributed by atoms with Gasteiger partial charge in [0.1, 0.15) is 0 Å². The Morgan fingerprint density at radius 1 is 1.32 bits per heavy atom. The van der Waals surface area contributed by atoms with Crippen LogP contribution in [0.4, 0.5) is 0 Å². The van der Waals surface area contributed by atoms with Crippen molar-refractivity contribution in [2.75, 3.05) is 19.4 Å². The van der Waals surface area contributed by atoms with E-state index in [-0.39, 0.29) is 16.6 Å². The van der Waals surface area contributed by atoms with E-state index in [0.29, 0.717) is 17.9 Å². The molecule has 0 fully saturated rings. The van der Waals surface area contributed by atoms with Crippen LogP contribution < -0.4 is 0 Å². The first-order valence-electron chi connectivity index (χ1n) is 8.42. The standard InChI is InChI=1S/C19H24N2O3S/c1-19(2,3)25-11-17(22)21-8-7-16-14(10-21)13-9-12(18(23)24-4)5-6-15(13)20-16/h5-6,9,20H,7-8,10-11H2,1-4H3. The highest BCUT2D eigenvalue weighted by atomic mass is 32.2. The number of esters is 1. The smallest absolute Gasteiger partial charge is 0.337 e. The fourth-order valence-electron chi connectivity index (χ4n) is 3.04. The molecule has 0 aliphatic carbocycles. The number of nitrogens with one attached hydrogen (secondary N) is 1. The molecule has 0 saturated heterocycles. The van der Waals surface area contributed by atoms with E-state index >= 15 is 0 Å². The van der Waals surface area contributed by atoms with E-state index in [1.807, 2.05) is 17.0 Å². The lowest BCUT2D eigenvalue weighted by Crippen LogP contribution is -2.37. The zero-order valence-electron chi connectivity index (χ0n) is 15.1. The summed E-state index contributed by atoms with van der Waals surface area (Å²) in [4.78, 5) is 29.7. The highest BCUT2D eigenvalue weighted by Gasteiger charge is 2.25. The van der Waals surface area contributed by atoms with Crippen molar-refractivity contribution < 1.29 is 14.3 Å². The van der Waals surface area contributed by atoms with Crippen LogP contribution in [0.2, 0.25) is 0 Å². The molecule has 1 N–H and O–H groups in total. The maximum Gasteiger partial charge on any atom is 0.337 e. The molecule has 2 aromatic rings. The van der Waals surface area contributed by atoms with Gasteiger partial charge in [0.2, 0.25) is 5.91 Å². The first-order valence-corrected chi connectivity index (χ1v) is 9.40. The normalized spacial score (nSPS) is 14.5. The number of hydrogen-bond donors (Lipinski definition) is 1. The molecule has 6 heteroatoms. The van der Waals surface area contributed by atoms with Crippen LogP contribution in [0.3, 0.4) is 0 Å². The maximum absolute atomic E-state index is 12.6. The minimum absolute atomic E-state index is 0.0762. The number of aromatic amines is 1. The fourth-order valence-corrected chi connectivity index (χ4v) is 3.78. The minimum atomic E-state index is -0.345. The van der Waals surface area contributed by atoms with Gasteiger partial charge in [0.05, 0.1) is 18.4 Å². The number of hydrogen-bond acceptors (Lipinski definition) is 4. The number of H-pyrrole nitrogens is 1. The molecule has 1 aromatic carbocycles. The van der Waals surface area contributed by atoms with Gasteiger partial charge in [0.15, 0.2) is 0 Å². The third-order valence-corrected chi connectivity index (χ3v) is 5.63. The minimum Gasteiger partial charge on any atom is -0.465 e. The fraction of sp³-hybridized carbons (Fsp3) is 0.474. The summed E-state index contributed by atoms with van der Waals surface area (Å²) in [5.74, 6) is 0.320. The van der Waals surface area contributed by atoms with Crippen LogP contribution in [-0.2, 0) is 22.5 Å². The van der Waals surface area contributed by atoms with E-state index in [1.165, 1.54) is 7.11 Å². The molecule has 1 aliphatic rings. The van der Waals surface area contributed by atoms with E-state index in [1.54, 1.807) is 17.8 Å². The first-order chi connectivity index (χ1) is 11.8. The van der Waals surface area contributed by atoms with E-state index in [9.17, 15) is 9.59 Å². The van der Waals surface area contributed by atoms with Gasteiger partial charge in [-0.2, -0.15) is 0 Å². The zero-order chi connectivity index (χ0) is 18.2. The lowest BCUT2D eigenvalue weighted by molar-refractivity contribution is -0.129. The Hall–Kier alpha value is -1.95. The van der Waals surface area contributed by atoms with Crippen molar-refractivity contribution in [3.8, 4) is 0 Å². The molecular formula is C19H24N2O3S. The van der Waals surface area contributed by atoms with Gasteiger partial charge >= 0.3 is 5.97 Å². The van der Waals surface area contributed by atoms with Crippen molar-refractivity contribution in [3.63, 3.8) is 0 Å².